The number of carbonyl (C=O) groups is 1. The van der Waals surface area contributed by atoms with Crippen molar-refractivity contribution in [2.24, 2.45) is 0 Å². The Morgan fingerprint density at radius 3 is 2.61 bits per heavy atom. The molecule has 0 aromatic heterocycles. The van der Waals surface area contributed by atoms with Gasteiger partial charge in [0.05, 0.1) is 29.4 Å². The molecule has 6 nitrogen and oxygen atoms in total. The Kier molecular flexibility index (Phi) is 6.15. The van der Waals surface area contributed by atoms with Gasteiger partial charge in [-0.05, 0) is 19.1 Å². The van der Waals surface area contributed by atoms with Gasteiger partial charge >= 0.3 is 0 Å². The quantitative estimate of drug-likeness (QED) is 0.834. The number of rotatable bonds is 6. The van der Waals surface area contributed by atoms with Crippen LogP contribution in [-0.4, -0.2) is 63.9 Å². The van der Waals surface area contributed by atoms with Crippen LogP contribution in [0.15, 0.2) is 29.2 Å². The third-order valence-electron chi connectivity index (χ3n) is 4.07. The summed E-state index contributed by atoms with van der Waals surface area (Å²) in [5.41, 5.74) is 0.212. The van der Waals surface area contributed by atoms with Crippen LogP contribution in [0.1, 0.15) is 24.2 Å². The minimum Gasteiger partial charge on any atom is -0.379 e. The van der Waals surface area contributed by atoms with E-state index in [2.05, 4.69) is 10.2 Å². The summed E-state index contributed by atoms with van der Waals surface area (Å²) in [5, 5.41) is 2.85. The van der Waals surface area contributed by atoms with Crippen molar-refractivity contribution in [2.75, 3.05) is 38.6 Å². The zero-order valence-electron chi connectivity index (χ0n) is 13.6. The zero-order valence-corrected chi connectivity index (χ0v) is 14.4. The summed E-state index contributed by atoms with van der Waals surface area (Å²) in [6, 6.07) is 6.53. The minimum atomic E-state index is -3.42. The zero-order chi connectivity index (χ0) is 16.9. The fourth-order valence-electron chi connectivity index (χ4n) is 2.56. The summed E-state index contributed by atoms with van der Waals surface area (Å²) in [6.07, 6.45) is 0. The van der Waals surface area contributed by atoms with E-state index in [4.69, 9.17) is 4.74 Å². The summed E-state index contributed by atoms with van der Waals surface area (Å²) < 4.78 is 29.5. The summed E-state index contributed by atoms with van der Waals surface area (Å²) in [5.74, 6) is -0.376. The van der Waals surface area contributed by atoms with Crippen LogP contribution in [-0.2, 0) is 14.6 Å². The van der Waals surface area contributed by atoms with E-state index in [9.17, 15) is 13.2 Å². The molecule has 0 spiro atoms. The third kappa shape index (κ3) is 4.53. The molecule has 1 amide bonds. The van der Waals surface area contributed by atoms with Gasteiger partial charge in [-0.3, -0.25) is 9.69 Å². The van der Waals surface area contributed by atoms with Crippen molar-refractivity contribution in [3.05, 3.63) is 29.8 Å². The lowest BCUT2D eigenvalue weighted by Gasteiger charge is -2.32. The molecule has 1 aromatic rings. The molecule has 128 valence electrons. The number of morpholine rings is 1. The van der Waals surface area contributed by atoms with Gasteiger partial charge in [0.1, 0.15) is 0 Å². The first-order chi connectivity index (χ1) is 11.0. The number of benzene rings is 1. The second kappa shape index (κ2) is 7.90. The molecule has 1 aromatic carbocycles. The average Bonchev–Trinajstić information content (AvgIpc) is 2.60. The molecule has 1 aliphatic rings. The molecule has 1 heterocycles. The fraction of sp³-hybridized carbons (Fsp3) is 0.562. The van der Waals surface area contributed by atoms with Crippen LogP contribution in [0.5, 0.6) is 0 Å². The van der Waals surface area contributed by atoms with Gasteiger partial charge in [0.15, 0.2) is 9.84 Å². The van der Waals surface area contributed by atoms with Crippen LogP contribution in [0.2, 0.25) is 0 Å². The predicted octanol–water partition coefficient (Wildman–Crippen LogP) is 0.931. The second-order valence-corrected chi connectivity index (χ2v) is 7.85. The molecule has 1 saturated heterocycles. The molecule has 0 radical (unpaired) electrons. The number of hydrogen-bond donors (Lipinski definition) is 1. The maximum Gasteiger partial charge on any atom is 0.252 e. The molecular formula is C16H24N2O4S. The van der Waals surface area contributed by atoms with E-state index in [-0.39, 0.29) is 28.2 Å². The van der Waals surface area contributed by atoms with Crippen LogP contribution in [0.4, 0.5) is 0 Å². The molecule has 1 N–H and O–H groups in total. The van der Waals surface area contributed by atoms with Gasteiger partial charge in [-0.2, -0.15) is 0 Å². The number of nitrogens with zero attached hydrogens (tertiary/aromatic N) is 1. The van der Waals surface area contributed by atoms with Gasteiger partial charge < -0.3 is 10.1 Å². The van der Waals surface area contributed by atoms with Crippen molar-refractivity contribution in [3.63, 3.8) is 0 Å². The lowest BCUT2D eigenvalue weighted by molar-refractivity contribution is 0.0204. The van der Waals surface area contributed by atoms with E-state index in [1.54, 1.807) is 25.1 Å². The number of sulfone groups is 1. The van der Waals surface area contributed by atoms with Crippen molar-refractivity contribution in [1.82, 2.24) is 10.2 Å². The van der Waals surface area contributed by atoms with E-state index >= 15 is 0 Å². The van der Waals surface area contributed by atoms with Crippen molar-refractivity contribution in [3.8, 4) is 0 Å². The molecule has 23 heavy (non-hydrogen) atoms. The van der Waals surface area contributed by atoms with Crippen LogP contribution < -0.4 is 5.32 Å². The number of carbonyl (C=O) groups excluding carboxylic acids is 1. The molecule has 0 bridgehead atoms. The van der Waals surface area contributed by atoms with E-state index < -0.39 is 9.84 Å². The molecule has 2 rings (SSSR count). The maximum absolute atomic E-state index is 12.4. The van der Waals surface area contributed by atoms with Crippen LogP contribution in [0.25, 0.3) is 0 Å². The van der Waals surface area contributed by atoms with Crippen LogP contribution >= 0.6 is 0 Å². The largest absolute Gasteiger partial charge is 0.379 e. The Hall–Kier alpha value is -1.44. The van der Waals surface area contributed by atoms with Gasteiger partial charge in [0.2, 0.25) is 0 Å². The van der Waals surface area contributed by atoms with Gasteiger partial charge in [-0.25, -0.2) is 8.42 Å². The molecule has 1 aliphatic heterocycles. The molecule has 1 unspecified atom stereocenters. The van der Waals surface area contributed by atoms with Crippen LogP contribution in [0.3, 0.4) is 0 Å². The highest BCUT2D eigenvalue weighted by Gasteiger charge is 2.22. The van der Waals surface area contributed by atoms with Crippen molar-refractivity contribution >= 4 is 15.7 Å². The van der Waals surface area contributed by atoms with E-state index in [0.717, 1.165) is 13.1 Å². The number of amides is 1. The highest BCUT2D eigenvalue weighted by Crippen LogP contribution is 2.17. The predicted molar refractivity (Wildman–Crippen MR) is 88.4 cm³/mol. The number of nitrogens with one attached hydrogen (secondary N) is 1. The van der Waals surface area contributed by atoms with Gasteiger partial charge in [0.25, 0.3) is 5.91 Å². The molecule has 0 saturated carbocycles. The Labute approximate surface area is 137 Å². The highest BCUT2D eigenvalue weighted by molar-refractivity contribution is 7.91. The third-order valence-corrected chi connectivity index (χ3v) is 5.86. The Balaban J connectivity index is 2.04. The normalized spacial score (nSPS) is 17.7. The standard InChI is InChI=1S/C16H24N2O4S/c1-3-23(20,21)15-7-5-4-6-14(15)16(19)17-12-13(2)18-8-10-22-11-9-18/h4-7,13H,3,8-12H2,1-2H3,(H,17,19). The van der Waals surface area contributed by atoms with E-state index in [1.807, 2.05) is 6.92 Å². The minimum absolute atomic E-state index is 0.0263. The fourth-order valence-corrected chi connectivity index (χ4v) is 3.66. The SMILES string of the molecule is CCS(=O)(=O)c1ccccc1C(=O)NCC(C)N1CCOCC1. The first kappa shape index (κ1) is 17.9. The lowest BCUT2D eigenvalue weighted by atomic mass is 10.2. The first-order valence-electron chi connectivity index (χ1n) is 7.87. The number of ether oxygens (including phenoxy) is 1. The van der Waals surface area contributed by atoms with Gasteiger partial charge in [-0.1, -0.05) is 19.1 Å². The van der Waals surface area contributed by atoms with Crippen molar-refractivity contribution in [2.45, 2.75) is 24.8 Å². The topological polar surface area (TPSA) is 75.7 Å². The summed E-state index contributed by atoms with van der Waals surface area (Å²) in [6.45, 7) is 7.19. The molecule has 7 heteroatoms. The smallest absolute Gasteiger partial charge is 0.252 e. The monoisotopic (exact) mass is 340 g/mol. The Bertz CT molecular complexity index is 639. The van der Waals surface area contributed by atoms with Gasteiger partial charge in [0, 0.05) is 25.7 Å². The maximum atomic E-state index is 12.4. The molecule has 1 fully saturated rings. The van der Waals surface area contributed by atoms with Gasteiger partial charge in [-0.15, -0.1) is 0 Å². The average molecular weight is 340 g/mol. The summed E-state index contributed by atoms with van der Waals surface area (Å²) in [4.78, 5) is 14.7. The first-order valence-corrected chi connectivity index (χ1v) is 9.52. The van der Waals surface area contributed by atoms with E-state index in [1.165, 1.54) is 6.07 Å². The van der Waals surface area contributed by atoms with Crippen molar-refractivity contribution in [1.29, 1.82) is 0 Å². The lowest BCUT2D eigenvalue weighted by Crippen LogP contribution is -2.47. The Morgan fingerprint density at radius 1 is 1.30 bits per heavy atom. The summed E-state index contributed by atoms with van der Waals surface area (Å²) in [7, 11) is -3.42. The molecule has 1 atom stereocenters. The summed E-state index contributed by atoms with van der Waals surface area (Å²) >= 11 is 0. The van der Waals surface area contributed by atoms with E-state index in [0.29, 0.717) is 19.8 Å². The highest BCUT2D eigenvalue weighted by atomic mass is 32.2. The Morgan fingerprint density at radius 2 is 1.96 bits per heavy atom. The van der Waals surface area contributed by atoms with Crippen molar-refractivity contribution < 1.29 is 17.9 Å². The number of hydrogen-bond acceptors (Lipinski definition) is 5. The molecular weight excluding hydrogens is 316 g/mol. The van der Waals surface area contributed by atoms with Crippen LogP contribution in [0, 0.1) is 0 Å². The molecule has 0 aliphatic carbocycles. The second-order valence-electron chi connectivity index (χ2n) is 5.61.